The minimum Gasteiger partial charge on any atom is -0.330 e. The fourth-order valence-corrected chi connectivity index (χ4v) is 4.47. The van der Waals surface area contributed by atoms with Crippen LogP contribution in [0.25, 0.3) is 39.2 Å². The first-order valence-electron chi connectivity index (χ1n) is 10.0. The predicted octanol–water partition coefficient (Wildman–Crippen LogP) is 6.63. The number of pyridine rings is 1. The number of nitrogens with one attached hydrogen (secondary N) is 1. The molecule has 0 aliphatic heterocycles. The van der Waals surface area contributed by atoms with E-state index in [-0.39, 0.29) is 0 Å². The molecule has 3 heterocycles. The first kappa shape index (κ1) is 21.5. The monoisotopic (exact) mass is 479 g/mol. The summed E-state index contributed by atoms with van der Waals surface area (Å²) in [5.74, 6) is -1.20. The van der Waals surface area contributed by atoms with Crippen LogP contribution in [0.1, 0.15) is 0 Å². The Hall–Kier alpha value is -3.30. The lowest BCUT2D eigenvalue weighted by molar-refractivity contribution is 0.585. The number of halogens is 2. The SMILES string of the molecule is CSNc1cc(-c2ccc(F)cc2F)cc(-c2cnc3cc(-c4cnn(SC)c4)ccn23)c1. The normalized spacial score (nSPS) is 11.3. The molecule has 166 valence electrons. The quantitative estimate of drug-likeness (QED) is 0.277. The molecule has 5 rings (SSSR count). The van der Waals surface area contributed by atoms with Crippen LogP contribution in [0, 0.1) is 11.6 Å². The lowest BCUT2D eigenvalue weighted by Gasteiger charge is -2.12. The number of benzene rings is 2. The van der Waals surface area contributed by atoms with Gasteiger partial charge < -0.3 is 4.72 Å². The number of aromatic nitrogens is 4. The van der Waals surface area contributed by atoms with Crippen LogP contribution in [0.4, 0.5) is 14.5 Å². The van der Waals surface area contributed by atoms with Crippen LogP contribution >= 0.6 is 23.9 Å². The molecule has 2 aromatic carbocycles. The van der Waals surface area contributed by atoms with Gasteiger partial charge in [-0.05, 0) is 65.5 Å². The van der Waals surface area contributed by atoms with Gasteiger partial charge in [0.15, 0.2) is 0 Å². The van der Waals surface area contributed by atoms with Gasteiger partial charge in [0.25, 0.3) is 0 Å². The van der Waals surface area contributed by atoms with E-state index in [1.807, 2.05) is 65.8 Å². The van der Waals surface area contributed by atoms with Gasteiger partial charge in [0.1, 0.15) is 17.3 Å². The summed E-state index contributed by atoms with van der Waals surface area (Å²) in [6.07, 6.45) is 11.4. The van der Waals surface area contributed by atoms with Crippen LogP contribution < -0.4 is 4.72 Å². The summed E-state index contributed by atoms with van der Waals surface area (Å²) in [6.45, 7) is 0. The summed E-state index contributed by atoms with van der Waals surface area (Å²) < 4.78 is 35.0. The topological polar surface area (TPSA) is 47.2 Å². The van der Waals surface area contributed by atoms with Crippen molar-refractivity contribution in [1.82, 2.24) is 18.6 Å². The van der Waals surface area contributed by atoms with Gasteiger partial charge in [-0.2, -0.15) is 5.10 Å². The van der Waals surface area contributed by atoms with Crippen LogP contribution in [-0.4, -0.2) is 31.1 Å². The van der Waals surface area contributed by atoms with Gasteiger partial charge in [-0.3, -0.25) is 4.40 Å². The van der Waals surface area contributed by atoms with Gasteiger partial charge in [-0.15, -0.1) is 0 Å². The second-order valence-electron chi connectivity index (χ2n) is 7.33. The third kappa shape index (κ3) is 4.21. The Morgan fingerprint density at radius 1 is 0.879 bits per heavy atom. The van der Waals surface area contributed by atoms with E-state index in [2.05, 4.69) is 14.8 Å². The Morgan fingerprint density at radius 2 is 1.73 bits per heavy atom. The minimum absolute atomic E-state index is 0.337. The number of anilines is 1. The fourth-order valence-electron chi connectivity index (χ4n) is 3.76. The zero-order valence-electron chi connectivity index (χ0n) is 17.8. The zero-order chi connectivity index (χ0) is 22.9. The number of fused-ring (bicyclic) bond motifs is 1. The van der Waals surface area contributed by atoms with Crippen LogP contribution in [0.3, 0.4) is 0 Å². The highest BCUT2D eigenvalue weighted by atomic mass is 32.2. The van der Waals surface area contributed by atoms with E-state index in [0.717, 1.165) is 39.8 Å². The van der Waals surface area contributed by atoms with E-state index in [4.69, 9.17) is 0 Å². The highest BCUT2D eigenvalue weighted by Crippen LogP contribution is 2.33. The molecule has 0 amide bonds. The third-order valence-electron chi connectivity index (χ3n) is 5.28. The second-order valence-corrected chi connectivity index (χ2v) is 8.68. The largest absolute Gasteiger partial charge is 0.330 e. The maximum absolute atomic E-state index is 14.5. The minimum atomic E-state index is -0.601. The first-order valence-corrected chi connectivity index (χ1v) is 12.4. The molecule has 0 bridgehead atoms. The highest BCUT2D eigenvalue weighted by molar-refractivity contribution is 7.99. The zero-order valence-corrected chi connectivity index (χ0v) is 19.4. The molecule has 0 saturated carbocycles. The summed E-state index contributed by atoms with van der Waals surface area (Å²) >= 11 is 2.97. The van der Waals surface area contributed by atoms with Crippen molar-refractivity contribution in [2.24, 2.45) is 0 Å². The van der Waals surface area contributed by atoms with Crippen molar-refractivity contribution in [3.05, 3.63) is 85.0 Å². The highest BCUT2D eigenvalue weighted by Gasteiger charge is 2.13. The molecule has 5 aromatic rings. The Bertz CT molecular complexity index is 1460. The number of hydrogen-bond donors (Lipinski definition) is 1. The van der Waals surface area contributed by atoms with Gasteiger partial charge >= 0.3 is 0 Å². The molecule has 0 unspecified atom stereocenters. The number of hydrogen-bond acceptors (Lipinski definition) is 5. The van der Waals surface area contributed by atoms with E-state index < -0.39 is 11.6 Å². The molecule has 0 radical (unpaired) electrons. The molecule has 3 aromatic heterocycles. The van der Waals surface area contributed by atoms with Gasteiger partial charge in [0.2, 0.25) is 0 Å². The summed E-state index contributed by atoms with van der Waals surface area (Å²) in [6, 6.07) is 13.4. The van der Waals surface area contributed by atoms with E-state index in [9.17, 15) is 8.78 Å². The van der Waals surface area contributed by atoms with E-state index >= 15 is 0 Å². The second kappa shape index (κ2) is 8.92. The van der Waals surface area contributed by atoms with Crippen molar-refractivity contribution in [2.75, 3.05) is 17.2 Å². The van der Waals surface area contributed by atoms with Crippen molar-refractivity contribution in [1.29, 1.82) is 0 Å². The average molecular weight is 480 g/mol. The Labute approximate surface area is 198 Å². The Morgan fingerprint density at radius 3 is 2.48 bits per heavy atom. The van der Waals surface area contributed by atoms with E-state index in [0.29, 0.717) is 11.1 Å². The molecule has 5 nitrogen and oxygen atoms in total. The Balaban J connectivity index is 1.60. The molecule has 0 saturated heterocycles. The fraction of sp³-hybridized carbons (Fsp3) is 0.0833. The smallest absolute Gasteiger partial charge is 0.137 e. The lowest BCUT2D eigenvalue weighted by atomic mass is 10.00. The third-order valence-corrected chi connectivity index (χ3v) is 6.30. The van der Waals surface area contributed by atoms with Crippen molar-refractivity contribution in [2.45, 2.75) is 0 Å². The lowest BCUT2D eigenvalue weighted by Crippen LogP contribution is -1.93. The molecular formula is C24H19F2N5S2. The number of rotatable bonds is 6. The van der Waals surface area contributed by atoms with E-state index in [1.165, 1.54) is 36.0 Å². The molecule has 9 heteroatoms. The van der Waals surface area contributed by atoms with Crippen LogP contribution in [0.15, 0.2) is 73.3 Å². The van der Waals surface area contributed by atoms with Crippen LogP contribution in [0.2, 0.25) is 0 Å². The maximum atomic E-state index is 14.5. The molecule has 0 fully saturated rings. The molecule has 0 atom stereocenters. The summed E-state index contributed by atoms with van der Waals surface area (Å²) in [7, 11) is 0. The van der Waals surface area contributed by atoms with Gasteiger partial charge in [0.05, 0.1) is 18.1 Å². The predicted molar refractivity (Wildman–Crippen MR) is 133 cm³/mol. The first-order chi connectivity index (χ1) is 16.1. The molecular weight excluding hydrogens is 460 g/mol. The summed E-state index contributed by atoms with van der Waals surface area (Å²) in [5, 5.41) is 4.31. The van der Waals surface area contributed by atoms with Crippen molar-refractivity contribution < 1.29 is 8.78 Å². The van der Waals surface area contributed by atoms with Gasteiger partial charge in [-0.25, -0.2) is 17.9 Å². The standard InChI is InChI=1S/C24H19F2N5S2/c1-32-29-20-8-16(21-4-3-19(25)11-22(21)26)7-17(9-20)23-13-27-24-10-15(5-6-30(23)24)18-12-28-31(14-18)33-2/h3-14,29H,1-2H3. The van der Waals surface area contributed by atoms with E-state index in [1.54, 1.807) is 10.3 Å². The Kier molecular flexibility index (Phi) is 5.82. The van der Waals surface area contributed by atoms with Crippen molar-refractivity contribution in [3.8, 4) is 33.5 Å². The number of imidazole rings is 1. The molecule has 33 heavy (non-hydrogen) atoms. The van der Waals surface area contributed by atoms with Crippen molar-refractivity contribution in [3.63, 3.8) is 0 Å². The van der Waals surface area contributed by atoms with Gasteiger partial charge in [0, 0.05) is 53.3 Å². The maximum Gasteiger partial charge on any atom is 0.137 e. The van der Waals surface area contributed by atoms with Crippen LogP contribution in [0.5, 0.6) is 0 Å². The van der Waals surface area contributed by atoms with Crippen LogP contribution in [-0.2, 0) is 0 Å². The van der Waals surface area contributed by atoms with Crippen molar-refractivity contribution >= 4 is 35.2 Å². The molecule has 1 N–H and O–H groups in total. The average Bonchev–Trinajstić information content (AvgIpc) is 3.46. The molecule has 0 spiro atoms. The summed E-state index contributed by atoms with van der Waals surface area (Å²) in [4.78, 5) is 4.60. The van der Waals surface area contributed by atoms with Gasteiger partial charge in [-0.1, -0.05) is 11.9 Å². The number of nitrogens with zero attached hydrogens (tertiary/aromatic N) is 4. The summed E-state index contributed by atoms with van der Waals surface area (Å²) in [5.41, 5.74) is 6.35. The molecule has 0 aliphatic carbocycles. The molecule has 0 aliphatic rings.